The molecule has 0 aliphatic rings. The van der Waals surface area contributed by atoms with E-state index in [0.29, 0.717) is 12.2 Å². The fraction of sp³-hybridized carbons (Fsp3) is 0.842. The molecule has 0 atom stereocenters. The second-order valence-electron chi connectivity index (χ2n) is 12.4. The van der Waals surface area contributed by atoms with Crippen molar-refractivity contribution in [3.05, 3.63) is 24.3 Å². The van der Waals surface area contributed by atoms with Gasteiger partial charge in [0.15, 0.2) is 0 Å². The van der Waals surface area contributed by atoms with Gasteiger partial charge in [-0.15, -0.1) is 0 Å². The molecule has 0 saturated carbocycles. The van der Waals surface area contributed by atoms with Crippen molar-refractivity contribution in [1.82, 2.24) is 0 Å². The highest BCUT2D eigenvalue weighted by Crippen LogP contribution is 2.16. The minimum absolute atomic E-state index is 0.164. The third-order valence-electron chi connectivity index (χ3n) is 7.97. The first-order valence-corrected chi connectivity index (χ1v) is 18.1. The monoisotopic (exact) mass is 593 g/mol. The molecule has 0 aromatic carbocycles. The maximum atomic E-state index is 12.1. The van der Waals surface area contributed by atoms with Gasteiger partial charge < -0.3 is 9.84 Å². The summed E-state index contributed by atoms with van der Waals surface area (Å²) in [6.45, 7) is 13.7. The van der Waals surface area contributed by atoms with Crippen LogP contribution in [0.25, 0.3) is 0 Å². The number of unbranched alkanes of at least 4 members (excludes halogenated alkanes) is 25. The summed E-state index contributed by atoms with van der Waals surface area (Å²) in [4.78, 5) is 21.7. The molecule has 0 saturated heterocycles. The van der Waals surface area contributed by atoms with Crippen LogP contribution in [0.4, 0.5) is 0 Å². The fourth-order valence-electron chi connectivity index (χ4n) is 5.02. The Morgan fingerprint density at radius 1 is 0.500 bits per heavy atom. The van der Waals surface area contributed by atoms with E-state index in [4.69, 9.17) is 9.84 Å². The number of hydrogen-bond acceptors (Lipinski definition) is 3. The largest absolute Gasteiger partial charge is 0.478 e. The van der Waals surface area contributed by atoms with Gasteiger partial charge in [0.25, 0.3) is 0 Å². The molecule has 0 unspecified atom stereocenters. The zero-order chi connectivity index (χ0) is 31.5. The normalized spacial score (nSPS) is 10.6. The number of carboxylic acids is 1. The van der Waals surface area contributed by atoms with E-state index in [9.17, 15) is 9.59 Å². The highest BCUT2D eigenvalue weighted by atomic mass is 16.5. The van der Waals surface area contributed by atoms with Crippen molar-refractivity contribution < 1.29 is 19.4 Å². The van der Waals surface area contributed by atoms with Crippen LogP contribution < -0.4 is 0 Å². The van der Waals surface area contributed by atoms with E-state index in [-0.39, 0.29) is 11.5 Å². The smallest absolute Gasteiger partial charge is 0.333 e. The first-order chi connectivity index (χ1) is 20.4. The molecular formula is C38H72O4. The number of ether oxygens (including phenoxy) is 1. The van der Waals surface area contributed by atoms with Crippen molar-refractivity contribution in [3.8, 4) is 0 Å². The Kier molecular flexibility index (Phi) is 36.1. The highest BCUT2D eigenvalue weighted by molar-refractivity contribution is 5.87. The second kappa shape index (κ2) is 35.6. The quantitative estimate of drug-likeness (QED) is 0.0494. The predicted molar refractivity (Wildman–Crippen MR) is 183 cm³/mol. The van der Waals surface area contributed by atoms with E-state index < -0.39 is 5.97 Å². The van der Waals surface area contributed by atoms with Crippen LogP contribution in [0.15, 0.2) is 24.3 Å². The summed E-state index contributed by atoms with van der Waals surface area (Å²) in [5.41, 5.74) is 0.845. The number of esters is 1. The van der Waals surface area contributed by atoms with E-state index in [1.165, 1.54) is 167 Å². The van der Waals surface area contributed by atoms with Gasteiger partial charge in [0.2, 0.25) is 0 Å². The van der Waals surface area contributed by atoms with Crippen LogP contribution in [0, 0.1) is 0 Å². The van der Waals surface area contributed by atoms with Crippen LogP contribution in [0.5, 0.6) is 0 Å². The van der Waals surface area contributed by atoms with Gasteiger partial charge in [-0.25, -0.2) is 9.59 Å². The summed E-state index contributed by atoms with van der Waals surface area (Å²) in [5.74, 6) is -1.10. The average molecular weight is 593 g/mol. The molecule has 1 N–H and O–H groups in total. The molecule has 0 aromatic rings. The molecule has 0 fully saturated rings. The maximum absolute atomic E-state index is 12.1. The van der Waals surface area contributed by atoms with Crippen LogP contribution in [0.1, 0.15) is 201 Å². The third-order valence-corrected chi connectivity index (χ3v) is 7.97. The van der Waals surface area contributed by atoms with Gasteiger partial charge in [0.05, 0.1) is 6.61 Å². The van der Waals surface area contributed by atoms with Gasteiger partial charge in [-0.2, -0.15) is 0 Å². The summed E-state index contributed by atoms with van der Waals surface area (Å²) < 4.78 is 5.43. The molecule has 248 valence electrons. The number of carboxylic acid groups (broad SMARTS) is 1. The predicted octanol–water partition coefficient (Wildman–Crippen LogP) is 12.7. The molecule has 0 aromatic heterocycles. The van der Waals surface area contributed by atoms with Gasteiger partial charge in [0, 0.05) is 11.1 Å². The Hall–Kier alpha value is -1.58. The molecular weight excluding hydrogens is 520 g/mol. The second-order valence-corrected chi connectivity index (χ2v) is 12.4. The minimum Gasteiger partial charge on any atom is -0.478 e. The number of rotatable bonds is 31. The van der Waals surface area contributed by atoms with Gasteiger partial charge in [-0.3, -0.25) is 0 Å². The number of aliphatic carboxylic acids is 1. The highest BCUT2D eigenvalue weighted by Gasteiger charge is 2.08. The van der Waals surface area contributed by atoms with Crippen molar-refractivity contribution in [2.75, 3.05) is 6.61 Å². The molecule has 0 amide bonds. The molecule has 0 spiro atoms. The van der Waals surface area contributed by atoms with Crippen LogP contribution in [-0.2, 0) is 14.3 Å². The van der Waals surface area contributed by atoms with Crippen molar-refractivity contribution in [3.63, 3.8) is 0 Å². The summed E-state index contributed by atoms with van der Waals surface area (Å²) in [5, 5.41) is 7.89. The molecule has 0 aliphatic heterocycles. The lowest BCUT2D eigenvalue weighted by Gasteiger charge is -2.07. The van der Waals surface area contributed by atoms with Crippen molar-refractivity contribution in [2.24, 2.45) is 0 Å². The summed E-state index contributed by atoms with van der Waals surface area (Å²) >= 11 is 0. The molecule has 0 rings (SSSR count). The number of carbonyl (C=O) groups excluding carboxylic acids is 1. The Morgan fingerprint density at radius 2 is 0.762 bits per heavy atom. The van der Waals surface area contributed by atoms with Crippen LogP contribution in [-0.4, -0.2) is 23.7 Å². The van der Waals surface area contributed by atoms with E-state index in [0.717, 1.165) is 19.3 Å². The van der Waals surface area contributed by atoms with Crippen molar-refractivity contribution in [2.45, 2.75) is 201 Å². The third kappa shape index (κ3) is 36.4. The minimum atomic E-state index is -0.935. The SMILES string of the molecule is C=C(C)C(=O)O.C=C(CCCCCCCCCCCCC)C(=O)OCCCCCCCCCCCCCCCCCC. The first-order valence-electron chi connectivity index (χ1n) is 18.1. The van der Waals surface area contributed by atoms with Crippen molar-refractivity contribution >= 4 is 11.9 Å². The summed E-state index contributed by atoms with van der Waals surface area (Å²) in [7, 11) is 0. The molecule has 42 heavy (non-hydrogen) atoms. The lowest BCUT2D eigenvalue weighted by molar-refractivity contribution is -0.139. The Bertz CT molecular complexity index is 613. The molecule has 0 heterocycles. The average Bonchev–Trinajstić information content (AvgIpc) is 2.97. The first kappa shape index (κ1) is 42.6. The van der Waals surface area contributed by atoms with Gasteiger partial charge in [0.1, 0.15) is 0 Å². The van der Waals surface area contributed by atoms with E-state index >= 15 is 0 Å². The Morgan fingerprint density at radius 3 is 1.05 bits per heavy atom. The summed E-state index contributed by atoms with van der Waals surface area (Å²) in [6, 6.07) is 0. The number of hydrogen-bond donors (Lipinski definition) is 1. The van der Waals surface area contributed by atoms with E-state index in [1.54, 1.807) is 0 Å². The molecule has 0 radical (unpaired) electrons. The summed E-state index contributed by atoms with van der Waals surface area (Å²) in [6.07, 6.45) is 37.2. The molecule has 4 nitrogen and oxygen atoms in total. The molecule has 4 heteroatoms. The fourth-order valence-corrected chi connectivity index (χ4v) is 5.02. The van der Waals surface area contributed by atoms with Gasteiger partial charge in [-0.1, -0.05) is 188 Å². The zero-order valence-electron chi connectivity index (χ0n) is 28.6. The lowest BCUT2D eigenvalue weighted by Crippen LogP contribution is -2.08. The zero-order valence-corrected chi connectivity index (χ0v) is 28.6. The van der Waals surface area contributed by atoms with Crippen molar-refractivity contribution in [1.29, 1.82) is 0 Å². The van der Waals surface area contributed by atoms with E-state index in [1.807, 2.05) is 0 Å². The molecule has 0 bridgehead atoms. The Balaban J connectivity index is 0. The molecule has 0 aliphatic carbocycles. The van der Waals surface area contributed by atoms with Crippen LogP contribution in [0.2, 0.25) is 0 Å². The van der Waals surface area contributed by atoms with Crippen LogP contribution in [0.3, 0.4) is 0 Å². The van der Waals surface area contributed by atoms with Gasteiger partial charge in [-0.05, 0) is 26.2 Å². The maximum Gasteiger partial charge on any atom is 0.333 e. The Labute approximate surface area is 262 Å². The van der Waals surface area contributed by atoms with E-state index in [2.05, 4.69) is 27.0 Å². The van der Waals surface area contributed by atoms with Gasteiger partial charge >= 0.3 is 11.9 Å². The number of carbonyl (C=O) groups is 2. The van der Waals surface area contributed by atoms with Crippen LogP contribution >= 0.6 is 0 Å². The lowest BCUT2D eigenvalue weighted by atomic mass is 10.0. The standard InChI is InChI=1S/C34H66O2.C4H6O2/c1-4-6-8-10-12-14-16-17-18-19-20-22-24-26-28-30-32-36-34(35)33(3)31-29-27-25-23-21-15-13-11-9-7-5-2;1-3(2)4(5)6/h3-32H2,1-2H3;1H2,2H3,(H,5,6). The topological polar surface area (TPSA) is 63.6 Å².